The number of hydrogen-bond donors (Lipinski definition) is 1. The van der Waals surface area contributed by atoms with Gasteiger partial charge in [0.15, 0.2) is 9.92 Å². The monoisotopic (exact) mass is 723 g/mol. The molecule has 2 amide bonds. The van der Waals surface area contributed by atoms with Crippen LogP contribution in [0.25, 0.3) is 0 Å². The number of benzene rings is 2. The largest absolute Gasteiger partial charge is 0.487 e. The van der Waals surface area contributed by atoms with Crippen molar-refractivity contribution in [1.29, 1.82) is 0 Å². The molecule has 0 radical (unpaired) electrons. The van der Waals surface area contributed by atoms with E-state index in [1.165, 1.54) is 6.20 Å². The van der Waals surface area contributed by atoms with E-state index in [2.05, 4.69) is 19.1 Å². The molecule has 2 aliphatic heterocycles. The van der Waals surface area contributed by atoms with Gasteiger partial charge in [0.25, 0.3) is 11.8 Å². The fourth-order valence-electron chi connectivity index (χ4n) is 6.79. The summed E-state index contributed by atoms with van der Waals surface area (Å²) < 4.78 is 41.9. The van der Waals surface area contributed by atoms with E-state index in [4.69, 9.17) is 25.8 Å². The first-order chi connectivity index (χ1) is 23.9. The number of rotatable bonds is 3. The van der Waals surface area contributed by atoms with Crippen molar-refractivity contribution in [2.75, 3.05) is 31.7 Å². The topological polar surface area (TPSA) is 124 Å². The van der Waals surface area contributed by atoms with Gasteiger partial charge in [-0.05, 0) is 106 Å². The smallest absolute Gasteiger partial charge is 0.287 e. The summed E-state index contributed by atoms with van der Waals surface area (Å²) in [6.45, 7) is 6.78. The summed E-state index contributed by atoms with van der Waals surface area (Å²) in [6.07, 6.45) is 9.92. The summed E-state index contributed by atoms with van der Waals surface area (Å²) in [4.78, 5) is 29.9. The van der Waals surface area contributed by atoms with Gasteiger partial charge in [0.05, 0.1) is 35.1 Å². The molecule has 1 N–H and O–H groups in total. The molecule has 3 heterocycles. The van der Waals surface area contributed by atoms with Crippen LogP contribution >= 0.6 is 11.6 Å². The Morgan fingerprint density at radius 1 is 1.14 bits per heavy atom. The molecule has 3 aliphatic rings. The third-order valence-corrected chi connectivity index (χ3v) is 12.2. The van der Waals surface area contributed by atoms with Gasteiger partial charge in [0, 0.05) is 38.0 Å². The second kappa shape index (κ2) is 14.9. The predicted octanol–water partition coefficient (Wildman–Crippen LogP) is 6.21. The number of nitrogens with zero attached hydrogens (tertiary/aromatic N) is 4. The first kappa shape index (κ1) is 36.1. The van der Waals surface area contributed by atoms with Crippen molar-refractivity contribution < 1.29 is 28.0 Å². The Morgan fingerprint density at radius 2 is 1.96 bits per heavy atom. The van der Waals surface area contributed by atoms with Gasteiger partial charge in [-0.3, -0.25) is 19.0 Å². The Bertz CT molecular complexity index is 1920. The van der Waals surface area contributed by atoms with Gasteiger partial charge in [-0.15, -0.1) is 4.36 Å². The van der Waals surface area contributed by atoms with Crippen LogP contribution in [0.2, 0.25) is 5.02 Å². The lowest BCUT2D eigenvalue weighted by Crippen LogP contribution is -2.44. The molecule has 4 atom stereocenters. The Balaban J connectivity index is 1.49. The van der Waals surface area contributed by atoms with Crippen LogP contribution < -0.4 is 14.4 Å². The van der Waals surface area contributed by atoms with Crippen LogP contribution in [0.5, 0.6) is 5.75 Å². The van der Waals surface area contributed by atoms with Gasteiger partial charge in [-0.1, -0.05) is 29.8 Å². The van der Waals surface area contributed by atoms with E-state index in [1.807, 2.05) is 30.4 Å². The Labute approximate surface area is 299 Å². The zero-order valence-electron chi connectivity index (χ0n) is 29.3. The van der Waals surface area contributed by atoms with E-state index in [9.17, 15) is 9.59 Å². The molecule has 0 spiro atoms. The number of halogens is 1. The Kier molecular flexibility index (Phi) is 10.7. The number of methoxy groups -OCH3 is 1. The molecule has 13 heteroatoms. The van der Waals surface area contributed by atoms with E-state index < -0.39 is 27.3 Å². The second-order valence-electron chi connectivity index (χ2n) is 13.8. The first-order valence-electron chi connectivity index (χ1n) is 17.1. The molecular weight excluding hydrogens is 678 g/mol. The maximum atomic E-state index is 15.1. The molecule has 1 aliphatic carbocycles. The zero-order valence-corrected chi connectivity index (χ0v) is 30.9. The van der Waals surface area contributed by atoms with E-state index in [-0.39, 0.29) is 29.1 Å². The van der Waals surface area contributed by atoms with Gasteiger partial charge >= 0.3 is 0 Å². The number of anilines is 1. The number of fused-ring (bicyclic) bond motifs is 3. The van der Waals surface area contributed by atoms with Crippen LogP contribution in [0.3, 0.4) is 0 Å². The SMILES string of the molecule is CO[C@@H]1/C=C/COC(C)(C)C(=O)N=S(=O)(NC(=O)c2cnn(C)c2C)c2ccc3c(c2)N(CCCCc2cc(Cl)ccc2CO3)C[C@@H]2CC[C@H]21. The number of amides is 2. The molecular formula is C37H46ClN5O6S. The average Bonchev–Trinajstić information content (AvgIpc) is 3.40. The van der Waals surface area contributed by atoms with Crippen LogP contribution in [0.1, 0.15) is 66.7 Å². The predicted molar refractivity (Wildman–Crippen MR) is 193 cm³/mol. The van der Waals surface area contributed by atoms with Gasteiger partial charge in [-0.25, -0.2) is 4.21 Å². The minimum atomic E-state index is -3.89. The number of aromatic nitrogens is 2. The summed E-state index contributed by atoms with van der Waals surface area (Å²) in [6, 6.07) is 11.0. The van der Waals surface area contributed by atoms with E-state index in [0.717, 1.165) is 55.5 Å². The van der Waals surface area contributed by atoms with E-state index >= 15 is 4.21 Å². The summed E-state index contributed by atoms with van der Waals surface area (Å²) in [5, 5.41) is 4.86. The van der Waals surface area contributed by atoms with Gasteiger partial charge in [0.1, 0.15) is 18.0 Å². The van der Waals surface area contributed by atoms with Crippen molar-refractivity contribution in [3.05, 3.63) is 82.2 Å². The van der Waals surface area contributed by atoms with Crippen molar-refractivity contribution in [2.45, 2.75) is 76.1 Å². The summed E-state index contributed by atoms with van der Waals surface area (Å²) in [5.74, 6) is -0.207. The third-order valence-electron chi connectivity index (χ3n) is 10.2. The summed E-state index contributed by atoms with van der Waals surface area (Å²) in [7, 11) is -0.454. The number of hydrogen-bond acceptors (Lipinski definition) is 8. The molecule has 1 fully saturated rings. The second-order valence-corrected chi connectivity index (χ2v) is 16.2. The van der Waals surface area contributed by atoms with Crippen molar-refractivity contribution in [1.82, 2.24) is 14.5 Å². The quantitative estimate of drug-likeness (QED) is 0.317. The fourth-order valence-corrected chi connectivity index (χ4v) is 8.60. The molecule has 2 aromatic carbocycles. The fraction of sp³-hybridized carbons (Fsp3) is 0.486. The summed E-state index contributed by atoms with van der Waals surface area (Å²) >= 11 is 6.38. The maximum Gasteiger partial charge on any atom is 0.287 e. The molecule has 268 valence electrons. The highest BCUT2D eigenvalue weighted by atomic mass is 35.5. The molecule has 2 bridgehead atoms. The number of carbonyl (C=O) groups excluding carboxylic acids is 2. The van der Waals surface area contributed by atoms with Gasteiger partial charge in [-0.2, -0.15) is 5.10 Å². The van der Waals surface area contributed by atoms with Crippen LogP contribution in [-0.4, -0.2) is 64.3 Å². The lowest BCUT2D eigenvalue weighted by molar-refractivity contribution is -0.137. The van der Waals surface area contributed by atoms with Crippen LogP contribution in [0, 0.1) is 18.8 Å². The lowest BCUT2D eigenvalue weighted by atomic mass is 9.70. The molecule has 6 rings (SSSR count). The van der Waals surface area contributed by atoms with Crippen LogP contribution in [0.4, 0.5) is 5.69 Å². The van der Waals surface area contributed by atoms with Crippen molar-refractivity contribution >= 4 is 39.0 Å². The Morgan fingerprint density at radius 3 is 2.68 bits per heavy atom. The standard InChI is InChI=1S/C37H46ClN5O6S/c1-24-31(21-39-42(24)4)35(44)40-50(46)29-14-16-34-32(20-29)43(17-7-6-9-25-19-28(38)13-11-27(25)23-48-34)22-26-12-15-30(26)33(47-5)10-8-18-49-37(2,3)36(45)41-50/h8,10-11,13-14,16,19-21,26,30,33H,6-7,9,12,15,17-18,22-23H2,1-5H3,(H,40,41,44,45,46)/b10-8+/t26-,30+,33+,50?/m0/s1. The minimum absolute atomic E-state index is 0.108. The van der Waals surface area contributed by atoms with Crippen LogP contribution in [-0.2, 0) is 44.3 Å². The number of carbonyl (C=O) groups is 2. The van der Waals surface area contributed by atoms with Gasteiger partial charge in [0.2, 0.25) is 0 Å². The number of ether oxygens (including phenoxy) is 3. The van der Waals surface area contributed by atoms with Crippen molar-refractivity contribution in [3.8, 4) is 5.75 Å². The lowest BCUT2D eigenvalue weighted by Gasteiger charge is -2.43. The molecule has 1 unspecified atom stereocenters. The molecule has 1 saturated carbocycles. The molecule has 0 saturated heterocycles. The summed E-state index contributed by atoms with van der Waals surface area (Å²) in [5.41, 5.74) is 2.29. The zero-order chi connectivity index (χ0) is 35.6. The number of nitrogens with one attached hydrogen (secondary N) is 1. The Hall–Kier alpha value is -3.71. The average molecular weight is 724 g/mol. The van der Waals surface area contributed by atoms with Crippen LogP contribution in [0.15, 0.2) is 64.0 Å². The maximum absolute atomic E-state index is 15.1. The normalized spacial score (nSPS) is 26.2. The molecule has 11 nitrogen and oxygen atoms in total. The van der Waals surface area contributed by atoms with E-state index in [0.29, 0.717) is 35.5 Å². The van der Waals surface area contributed by atoms with Gasteiger partial charge < -0.3 is 19.1 Å². The highest BCUT2D eigenvalue weighted by Crippen LogP contribution is 2.42. The molecule has 1 aromatic heterocycles. The highest BCUT2D eigenvalue weighted by molar-refractivity contribution is 7.92. The molecule has 50 heavy (non-hydrogen) atoms. The molecule has 3 aromatic rings. The third kappa shape index (κ3) is 7.63. The number of aryl methyl sites for hydroxylation is 2. The first-order valence-corrected chi connectivity index (χ1v) is 19.0. The van der Waals surface area contributed by atoms with Crippen molar-refractivity contribution in [2.24, 2.45) is 23.2 Å². The van der Waals surface area contributed by atoms with E-state index in [1.54, 1.807) is 57.8 Å². The van der Waals surface area contributed by atoms with Crippen molar-refractivity contribution in [3.63, 3.8) is 0 Å². The highest BCUT2D eigenvalue weighted by Gasteiger charge is 2.38. The minimum Gasteiger partial charge on any atom is -0.487 e.